The zero-order valence-corrected chi connectivity index (χ0v) is 11.4. The van der Waals surface area contributed by atoms with Crippen LogP contribution >= 0.6 is 12.4 Å². The van der Waals surface area contributed by atoms with Gasteiger partial charge in [0.05, 0.1) is 6.04 Å². The number of amides is 1. The van der Waals surface area contributed by atoms with Gasteiger partial charge in [-0.15, -0.1) is 12.4 Å². The topological polar surface area (TPSA) is 69.6 Å². The van der Waals surface area contributed by atoms with E-state index < -0.39 is 5.97 Å². The number of fused-ring (bicyclic) bond motifs is 1. The predicted octanol–water partition coefficient (Wildman–Crippen LogP) is 0.666. The summed E-state index contributed by atoms with van der Waals surface area (Å²) in [6.45, 7) is 0.102. The molecule has 0 unspecified atom stereocenters. The van der Waals surface area contributed by atoms with Gasteiger partial charge in [-0.25, -0.2) is 0 Å². The monoisotopic (exact) mass is 284 g/mol. The zero-order chi connectivity index (χ0) is 13.1. The number of carbonyl (C=O) groups is 2. The Balaban J connectivity index is 0.00000180. The van der Waals surface area contributed by atoms with Crippen LogP contribution in [0.5, 0.6) is 0 Å². The number of hydrogen-bond donors (Lipinski definition) is 2. The quantitative estimate of drug-likeness (QED) is 0.856. The van der Waals surface area contributed by atoms with Gasteiger partial charge in [-0.2, -0.15) is 0 Å². The first-order valence-corrected chi connectivity index (χ1v) is 5.86. The molecule has 2 rings (SSSR count). The van der Waals surface area contributed by atoms with E-state index in [1.165, 1.54) is 4.90 Å². The maximum Gasteiger partial charge on any atom is 0.323 e. The molecule has 1 aliphatic rings. The SMILES string of the molecule is CN[C@H]1Cc2ccccc2CN(CC(=O)O)C1=O.Cl. The number of nitrogens with one attached hydrogen (secondary N) is 1. The second kappa shape index (κ2) is 6.54. The number of halogens is 1. The van der Waals surface area contributed by atoms with Crippen molar-refractivity contribution in [3.05, 3.63) is 35.4 Å². The number of rotatable bonds is 3. The third-order valence-electron chi connectivity index (χ3n) is 3.19. The average molecular weight is 285 g/mol. The lowest BCUT2D eigenvalue weighted by Gasteiger charge is -2.22. The Morgan fingerprint density at radius 3 is 2.63 bits per heavy atom. The molecular formula is C13H17ClN2O3. The van der Waals surface area contributed by atoms with Gasteiger partial charge in [0.1, 0.15) is 6.54 Å². The molecule has 0 saturated carbocycles. The molecule has 104 valence electrons. The lowest BCUT2D eigenvalue weighted by molar-refractivity contribution is -0.145. The van der Waals surface area contributed by atoms with E-state index in [1.807, 2.05) is 24.3 Å². The molecule has 0 fully saturated rings. The van der Waals surface area contributed by atoms with Crippen LogP contribution in [0.25, 0.3) is 0 Å². The molecule has 0 aromatic heterocycles. The summed E-state index contributed by atoms with van der Waals surface area (Å²) in [5.74, 6) is -1.14. The standard InChI is InChI=1S/C13H16N2O3.ClH/c1-14-11-6-9-4-2-3-5-10(9)7-15(13(11)18)8-12(16)17;/h2-5,11,14H,6-8H2,1H3,(H,16,17);1H/t11-;/m0./s1. The minimum Gasteiger partial charge on any atom is -0.480 e. The fourth-order valence-electron chi connectivity index (χ4n) is 2.24. The molecule has 1 aliphatic heterocycles. The number of carboxylic acids is 1. The summed E-state index contributed by atoms with van der Waals surface area (Å²) in [4.78, 5) is 24.4. The van der Waals surface area contributed by atoms with Crippen molar-refractivity contribution in [1.29, 1.82) is 0 Å². The molecule has 1 aromatic carbocycles. The van der Waals surface area contributed by atoms with Crippen LogP contribution in [-0.4, -0.2) is 41.5 Å². The van der Waals surface area contributed by atoms with Gasteiger partial charge in [-0.1, -0.05) is 24.3 Å². The van der Waals surface area contributed by atoms with E-state index in [1.54, 1.807) is 7.05 Å². The number of nitrogens with zero attached hydrogens (tertiary/aromatic N) is 1. The number of benzene rings is 1. The number of carbonyl (C=O) groups excluding carboxylic acids is 1. The van der Waals surface area contributed by atoms with Crippen molar-refractivity contribution in [3.8, 4) is 0 Å². The Labute approximate surface area is 118 Å². The highest BCUT2D eigenvalue weighted by molar-refractivity contribution is 5.86. The number of aliphatic carboxylic acids is 1. The molecule has 2 N–H and O–H groups in total. The molecule has 19 heavy (non-hydrogen) atoms. The molecular weight excluding hydrogens is 268 g/mol. The first kappa shape index (κ1) is 15.5. The second-order valence-electron chi connectivity index (χ2n) is 4.40. The van der Waals surface area contributed by atoms with Crippen LogP contribution in [0.4, 0.5) is 0 Å². The first-order valence-electron chi connectivity index (χ1n) is 5.86. The maximum absolute atomic E-state index is 12.2. The van der Waals surface area contributed by atoms with Gasteiger partial charge in [0, 0.05) is 6.54 Å². The molecule has 1 amide bonds. The second-order valence-corrected chi connectivity index (χ2v) is 4.40. The average Bonchev–Trinajstić information content (AvgIpc) is 2.47. The van der Waals surface area contributed by atoms with E-state index in [0.29, 0.717) is 13.0 Å². The van der Waals surface area contributed by atoms with Gasteiger partial charge in [0.25, 0.3) is 0 Å². The smallest absolute Gasteiger partial charge is 0.323 e. The van der Waals surface area contributed by atoms with Crippen LogP contribution < -0.4 is 5.32 Å². The van der Waals surface area contributed by atoms with Gasteiger partial charge < -0.3 is 15.3 Å². The Hall–Kier alpha value is -1.59. The molecule has 1 heterocycles. The van der Waals surface area contributed by atoms with E-state index in [-0.39, 0.29) is 30.9 Å². The third-order valence-corrected chi connectivity index (χ3v) is 3.19. The van der Waals surface area contributed by atoms with E-state index >= 15 is 0 Å². The highest BCUT2D eigenvalue weighted by Crippen LogP contribution is 2.19. The van der Waals surface area contributed by atoms with Crippen molar-refractivity contribution in [2.24, 2.45) is 0 Å². The third kappa shape index (κ3) is 3.45. The summed E-state index contributed by atoms with van der Waals surface area (Å²) in [7, 11) is 1.72. The van der Waals surface area contributed by atoms with Gasteiger partial charge >= 0.3 is 5.97 Å². The maximum atomic E-state index is 12.2. The number of likely N-dealkylation sites (N-methyl/N-ethyl adjacent to an activating group) is 1. The molecule has 1 atom stereocenters. The van der Waals surface area contributed by atoms with Gasteiger partial charge in [0.15, 0.2) is 0 Å². The molecule has 0 bridgehead atoms. The molecule has 6 heteroatoms. The first-order chi connectivity index (χ1) is 8.61. The van der Waals surface area contributed by atoms with Crippen LogP contribution in [0.15, 0.2) is 24.3 Å². The van der Waals surface area contributed by atoms with Crippen LogP contribution in [0.1, 0.15) is 11.1 Å². The number of hydrogen-bond acceptors (Lipinski definition) is 3. The molecule has 5 nitrogen and oxygen atoms in total. The van der Waals surface area contributed by atoms with Crippen LogP contribution in [0.3, 0.4) is 0 Å². The Bertz CT molecular complexity index is 479. The highest BCUT2D eigenvalue weighted by atomic mass is 35.5. The lowest BCUT2D eigenvalue weighted by Crippen LogP contribution is -2.46. The molecule has 0 radical (unpaired) electrons. The predicted molar refractivity (Wildman–Crippen MR) is 73.3 cm³/mol. The molecule has 1 aromatic rings. The van der Waals surface area contributed by atoms with E-state index in [4.69, 9.17) is 5.11 Å². The van der Waals surface area contributed by atoms with E-state index in [9.17, 15) is 9.59 Å². The lowest BCUT2D eigenvalue weighted by atomic mass is 10.0. The summed E-state index contributed by atoms with van der Waals surface area (Å²) in [5.41, 5.74) is 2.11. The summed E-state index contributed by atoms with van der Waals surface area (Å²) in [6.07, 6.45) is 0.599. The largest absolute Gasteiger partial charge is 0.480 e. The molecule has 0 aliphatic carbocycles. The summed E-state index contributed by atoms with van der Waals surface area (Å²) in [6, 6.07) is 7.41. The van der Waals surface area contributed by atoms with Gasteiger partial charge in [-0.3, -0.25) is 9.59 Å². The fourth-order valence-corrected chi connectivity index (χ4v) is 2.24. The van der Waals surface area contributed by atoms with Crippen molar-refractivity contribution in [2.45, 2.75) is 19.0 Å². The summed E-state index contributed by atoms with van der Waals surface area (Å²) >= 11 is 0. The summed E-state index contributed by atoms with van der Waals surface area (Å²) < 4.78 is 0. The molecule has 0 spiro atoms. The van der Waals surface area contributed by atoms with Crippen LogP contribution in [0.2, 0.25) is 0 Å². The normalized spacial score (nSPS) is 18.3. The zero-order valence-electron chi connectivity index (χ0n) is 10.6. The van der Waals surface area contributed by atoms with Crippen LogP contribution in [0, 0.1) is 0 Å². The van der Waals surface area contributed by atoms with Crippen molar-refractivity contribution in [1.82, 2.24) is 10.2 Å². The van der Waals surface area contributed by atoms with Gasteiger partial charge in [-0.05, 0) is 24.6 Å². The van der Waals surface area contributed by atoms with Crippen molar-refractivity contribution in [2.75, 3.05) is 13.6 Å². The van der Waals surface area contributed by atoms with Crippen molar-refractivity contribution in [3.63, 3.8) is 0 Å². The Morgan fingerprint density at radius 1 is 1.42 bits per heavy atom. The Morgan fingerprint density at radius 2 is 2.05 bits per heavy atom. The highest BCUT2D eigenvalue weighted by Gasteiger charge is 2.29. The van der Waals surface area contributed by atoms with E-state index in [2.05, 4.69) is 5.32 Å². The fraction of sp³-hybridized carbons (Fsp3) is 0.385. The van der Waals surface area contributed by atoms with Crippen molar-refractivity contribution >= 4 is 24.3 Å². The van der Waals surface area contributed by atoms with Gasteiger partial charge in [0.2, 0.25) is 5.91 Å². The van der Waals surface area contributed by atoms with Crippen LogP contribution in [-0.2, 0) is 22.6 Å². The Kier molecular flexibility index (Phi) is 5.32. The summed E-state index contributed by atoms with van der Waals surface area (Å²) in [5, 5.41) is 11.8. The molecule has 0 saturated heterocycles. The van der Waals surface area contributed by atoms with Crippen molar-refractivity contribution < 1.29 is 14.7 Å². The number of carboxylic acid groups (broad SMARTS) is 1. The minimum atomic E-state index is -0.988. The minimum absolute atomic E-state index is 0. The van der Waals surface area contributed by atoms with E-state index in [0.717, 1.165) is 11.1 Å².